The Hall–Kier alpha value is -1.39. The highest BCUT2D eigenvalue weighted by Gasteiger charge is 2.26. The molecule has 0 spiro atoms. The van der Waals surface area contributed by atoms with Crippen LogP contribution in [-0.2, 0) is 10.4 Å². The van der Waals surface area contributed by atoms with Crippen LogP contribution in [0.15, 0.2) is 30.3 Å². The molecule has 1 rings (SSSR count). The fourth-order valence-corrected chi connectivity index (χ4v) is 1.89. The van der Waals surface area contributed by atoms with E-state index in [0.29, 0.717) is 0 Å². The van der Waals surface area contributed by atoms with Crippen molar-refractivity contribution in [2.24, 2.45) is 11.8 Å². The Labute approximate surface area is 114 Å². The highest BCUT2D eigenvalue weighted by atomic mass is 16.3. The quantitative estimate of drug-likeness (QED) is 0.725. The molecule has 0 saturated carbocycles. The number of nitrogens with one attached hydrogen (secondary N) is 1. The Bertz CT molecular complexity index is 401. The number of hydrogen-bond acceptors (Lipinski definition) is 3. The van der Waals surface area contributed by atoms with E-state index in [4.69, 9.17) is 0 Å². The second-order valence-corrected chi connectivity index (χ2v) is 5.39. The standard InChI is InChI=1S/C15H23NO3/c1-11(2)13(9-17)14(18)16-10-15(3,19)12-7-5-4-6-8-12/h4-8,11,13,17,19H,9-10H2,1-3H3,(H,16,18)/t13-,15+/m1/s1. The van der Waals surface area contributed by atoms with Crippen LogP contribution in [0.2, 0.25) is 0 Å². The van der Waals surface area contributed by atoms with Crippen LogP contribution in [0.25, 0.3) is 0 Å². The van der Waals surface area contributed by atoms with E-state index < -0.39 is 11.5 Å². The predicted octanol–water partition coefficient (Wildman–Crippen LogP) is 1.27. The van der Waals surface area contributed by atoms with Gasteiger partial charge < -0.3 is 15.5 Å². The lowest BCUT2D eigenvalue weighted by Gasteiger charge is -2.26. The zero-order valence-electron chi connectivity index (χ0n) is 11.8. The molecule has 19 heavy (non-hydrogen) atoms. The molecule has 0 saturated heterocycles. The number of carbonyl (C=O) groups excluding carboxylic acids is 1. The van der Waals surface area contributed by atoms with Gasteiger partial charge in [0.25, 0.3) is 0 Å². The average molecular weight is 265 g/mol. The Kier molecular flexibility index (Phi) is 5.51. The highest BCUT2D eigenvalue weighted by Crippen LogP contribution is 2.19. The lowest BCUT2D eigenvalue weighted by Crippen LogP contribution is -2.43. The maximum absolute atomic E-state index is 11.9. The largest absolute Gasteiger partial charge is 0.396 e. The minimum absolute atomic E-state index is 0.0617. The fourth-order valence-electron chi connectivity index (χ4n) is 1.89. The lowest BCUT2D eigenvalue weighted by molar-refractivity contribution is -0.128. The van der Waals surface area contributed by atoms with Crippen molar-refractivity contribution in [2.75, 3.05) is 13.2 Å². The summed E-state index contributed by atoms with van der Waals surface area (Å²) in [6, 6.07) is 9.20. The molecule has 0 aliphatic carbocycles. The lowest BCUT2D eigenvalue weighted by atomic mass is 9.93. The van der Waals surface area contributed by atoms with Crippen LogP contribution >= 0.6 is 0 Å². The van der Waals surface area contributed by atoms with Crippen molar-refractivity contribution < 1.29 is 15.0 Å². The SMILES string of the molecule is CC(C)[C@@H](CO)C(=O)NC[C@](C)(O)c1ccccc1. The monoisotopic (exact) mass is 265 g/mol. The van der Waals surface area contributed by atoms with Gasteiger partial charge in [-0.1, -0.05) is 44.2 Å². The molecule has 0 aliphatic heterocycles. The van der Waals surface area contributed by atoms with E-state index in [-0.39, 0.29) is 25.0 Å². The molecule has 0 bridgehead atoms. The van der Waals surface area contributed by atoms with Crippen LogP contribution in [0.4, 0.5) is 0 Å². The van der Waals surface area contributed by atoms with Gasteiger partial charge in [0.05, 0.1) is 19.1 Å². The van der Waals surface area contributed by atoms with E-state index in [9.17, 15) is 15.0 Å². The third kappa shape index (κ3) is 4.33. The molecule has 1 amide bonds. The van der Waals surface area contributed by atoms with Crippen molar-refractivity contribution in [2.45, 2.75) is 26.4 Å². The number of amides is 1. The molecule has 3 N–H and O–H groups in total. The first kappa shape index (κ1) is 15.7. The fraction of sp³-hybridized carbons (Fsp3) is 0.533. The van der Waals surface area contributed by atoms with Gasteiger partial charge in [-0.05, 0) is 18.4 Å². The van der Waals surface area contributed by atoms with Gasteiger partial charge in [-0.15, -0.1) is 0 Å². The van der Waals surface area contributed by atoms with Crippen LogP contribution < -0.4 is 5.32 Å². The summed E-state index contributed by atoms with van der Waals surface area (Å²) in [5, 5.41) is 22.2. The molecule has 106 valence electrons. The molecule has 0 aromatic heterocycles. The summed E-state index contributed by atoms with van der Waals surface area (Å²) in [6.45, 7) is 5.37. The van der Waals surface area contributed by atoms with Crippen molar-refractivity contribution in [3.63, 3.8) is 0 Å². The minimum atomic E-state index is -1.12. The smallest absolute Gasteiger partial charge is 0.225 e. The molecule has 0 fully saturated rings. The Balaban J connectivity index is 2.63. The van der Waals surface area contributed by atoms with Crippen LogP contribution in [-0.4, -0.2) is 29.3 Å². The summed E-state index contributed by atoms with van der Waals surface area (Å²) in [5.41, 5.74) is -0.367. The van der Waals surface area contributed by atoms with Gasteiger partial charge in [0.2, 0.25) is 5.91 Å². The van der Waals surface area contributed by atoms with E-state index >= 15 is 0 Å². The van der Waals surface area contributed by atoms with Crippen molar-refractivity contribution >= 4 is 5.91 Å². The zero-order valence-corrected chi connectivity index (χ0v) is 11.8. The molecule has 0 heterocycles. The summed E-state index contributed by atoms with van der Waals surface area (Å²) in [4.78, 5) is 11.9. The molecular weight excluding hydrogens is 242 g/mol. The maximum Gasteiger partial charge on any atom is 0.225 e. The number of benzene rings is 1. The molecule has 2 atom stereocenters. The highest BCUT2D eigenvalue weighted by molar-refractivity contribution is 5.79. The van der Waals surface area contributed by atoms with Gasteiger partial charge >= 0.3 is 0 Å². The summed E-state index contributed by atoms with van der Waals surface area (Å²) in [6.07, 6.45) is 0. The van der Waals surface area contributed by atoms with Gasteiger partial charge in [0, 0.05) is 0 Å². The number of hydrogen-bond donors (Lipinski definition) is 3. The number of aliphatic hydroxyl groups is 2. The number of rotatable bonds is 6. The van der Waals surface area contributed by atoms with Gasteiger partial charge in [-0.2, -0.15) is 0 Å². The maximum atomic E-state index is 11.9. The second-order valence-electron chi connectivity index (χ2n) is 5.39. The topological polar surface area (TPSA) is 69.6 Å². The van der Waals surface area contributed by atoms with Crippen LogP contribution in [0, 0.1) is 11.8 Å². The van der Waals surface area contributed by atoms with E-state index in [1.165, 1.54) is 0 Å². The van der Waals surface area contributed by atoms with Crippen LogP contribution in [0.3, 0.4) is 0 Å². The summed E-state index contributed by atoms with van der Waals surface area (Å²) in [7, 11) is 0. The first-order valence-corrected chi connectivity index (χ1v) is 6.55. The van der Waals surface area contributed by atoms with Gasteiger partial charge in [0.1, 0.15) is 5.60 Å². The first-order valence-electron chi connectivity index (χ1n) is 6.55. The summed E-state index contributed by atoms with van der Waals surface area (Å²) >= 11 is 0. The molecular formula is C15H23NO3. The number of aliphatic hydroxyl groups excluding tert-OH is 1. The Morgan fingerprint density at radius 3 is 2.37 bits per heavy atom. The van der Waals surface area contributed by atoms with Crippen molar-refractivity contribution in [3.8, 4) is 0 Å². The molecule has 4 heteroatoms. The van der Waals surface area contributed by atoms with Gasteiger partial charge in [-0.25, -0.2) is 0 Å². The molecule has 0 aliphatic rings. The molecule has 0 unspecified atom stereocenters. The van der Waals surface area contributed by atoms with E-state index in [1.54, 1.807) is 6.92 Å². The van der Waals surface area contributed by atoms with E-state index in [1.807, 2.05) is 44.2 Å². The van der Waals surface area contributed by atoms with Gasteiger partial charge in [0.15, 0.2) is 0 Å². The van der Waals surface area contributed by atoms with Crippen molar-refractivity contribution in [1.29, 1.82) is 0 Å². The molecule has 4 nitrogen and oxygen atoms in total. The molecule has 1 aromatic carbocycles. The van der Waals surface area contributed by atoms with Crippen molar-refractivity contribution in [1.82, 2.24) is 5.32 Å². The summed E-state index contributed by atoms with van der Waals surface area (Å²) < 4.78 is 0. The summed E-state index contributed by atoms with van der Waals surface area (Å²) in [5.74, 6) is -0.605. The number of carbonyl (C=O) groups is 1. The molecule has 1 aromatic rings. The Morgan fingerprint density at radius 2 is 1.89 bits per heavy atom. The molecule has 0 radical (unpaired) electrons. The average Bonchev–Trinajstić information content (AvgIpc) is 2.38. The minimum Gasteiger partial charge on any atom is -0.396 e. The third-order valence-electron chi connectivity index (χ3n) is 3.34. The van der Waals surface area contributed by atoms with E-state index in [2.05, 4.69) is 5.32 Å². The zero-order chi connectivity index (χ0) is 14.5. The first-order chi connectivity index (χ1) is 8.88. The third-order valence-corrected chi connectivity index (χ3v) is 3.34. The van der Waals surface area contributed by atoms with Crippen molar-refractivity contribution in [3.05, 3.63) is 35.9 Å². The second kappa shape index (κ2) is 6.68. The predicted molar refractivity (Wildman–Crippen MR) is 74.4 cm³/mol. The Morgan fingerprint density at radius 1 is 1.32 bits per heavy atom. The van der Waals surface area contributed by atoms with E-state index in [0.717, 1.165) is 5.56 Å². The van der Waals surface area contributed by atoms with Crippen LogP contribution in [0.5, 0.6) is 0 Å². The van der Waals surface area contributed by atoms with Gasteiger partial charge in [-0.3, -0.25) is 4.79 Å². The van der Waals surface area contributed by atoms with Crippen LogP contribution in [0.1, 0.15) is 26.3 Å². The normalized spacial score (nSPS) is 15.9.